The standard InChI is InChI=1S/C28H31N3.ClH/c1-6-29(7-2)27-15-16-28-25(20-27)14-13-21(3)30(28)18-17-24-19-22(4)31(23(24)5)26-11-9-8-10-12-26;/h8-20H,3,6-7H2,1-2,4-5H3;1H/b18-17+;. The molecule has 1 aliphatic rings. The molecule has 1 aliphatic heterocycles. The average molecular weight is 446 g/mol. The minimum absolute atomic E-state index is 0. The van der Waals surface area contributed by atoms with Crippen LogP contribution in [0.1, 0.15) is 36.4 Å². The first-order chi connectivity index (χ1) is 15.0. The van der Waals surface area contributed by atoms with Crippen LogP contribution in [0.3, 0.4) is 0 Å². The normalized spacial score (nSPS) is 12.8. The molecule has 0 unspecified atom stereocenters. The van der Waals surface area contributed by atoms with Gasteiger partial charge in [-0.3, -0.25) is 0 Å². The van der Waals surface area contributed by atoms with Crippen LogP contribution in [0.2, 0.25) is 0 Å². The third kappa shape index (κ3) is 4.39. The second-order valence-corrected chi connectivity index (χ2v) is 7.92. The minimum atomic E-state index is 0. The molecular weight excluding hydrogens is 414 g/mol. The molecule has 0 saturated heterocycles. The van der Waals surface area contributed by atoms with E-state index >= 15 is 0 Å². The Kier molecular flexibility index (Phi) is 7.32. The summed E-state index contributed by atoms with van der Waals surface area (Å²) in [6.45, 7) is 15.0. The molecule has 3 aromatic rings. The van der Waals surface area contributed by atoms with Crippen LogP contribution < -0.4 is 9.80 Å². The SMILES string of the molecule is C=C1C=Cc2cc(N(CC)CC)ccc2N1/C=C/c1cc(C)n(-c2ccccc2)c1C.Cl. The van der Waals surface area contributed by atoms with E-state index in [1.54, 1.807) is 0 Å². The fraction of sp³-hybridized carbons (Fsp3) is 0.214. The van der Waals surface area contributed by atoms with E-state index in [1.165, 1.54) is 33.9 Å². The molecule has 0 atom stereocenters. The van der Waals surface area contributed by atoms with Crippen LogP contribution in [0.15, 0.2) is 79.1 Å². The van der Waals surface area contributed by atoms with Gasteiger partial charge in [0, 0.05) is 53.3 Å². The number of allylic oxidation sites excluding steroid dienone is 1. The summed E-state index contributed by atoms with van der Waals surface area (Å²) in [5.41, 5.74) is 9.47. The van der Waals surface area contributed by atoms with Crippen LogP contribution >= 0.6 is 12.4 Å². The molecule has 0 saturated carbocycles. The van der Waals surface area contributed by atoms with E-state index < -0.39 is 0 Å². The number of hydrogen-bond acceptors (Lipinski definition) is 2. The highest BCUT2D eigenvalue weighted by atomic mass is 35.5. The van der Waals surface area contributed by atoms with Crippen LogP contribution in [0.4, 0.5) is 11.4 Å². The predicted molar refractivity (Wildman–Crippen MR) is 142 cm³/mol. The number of aromatic nitrogens is 1. The minimum Gasteiger partial charge on any atom is -0.372 e. The number of fused-ring (bicyclic) bond motifs is 1. The molecule has 4 rings (SSSR count). The summed E-state index contributed by atoms with van der Waals surface area (Å²) in [5, 5.41) is 0. The Bertz CT molecular complexity index is 1150. The number of aryl methyl sites for hydroxylation is 1. The van der Waals surface area contributed by atoms with Gasteiger partial charge in [0.05, 0.1) is 5.69 Å². The van der Waals surface area contributed by atoms with Crippen LogP contribution in [-0.2, 0) is 0 Å². The molecule has 0 radical (unpaired) electrons. The largest absolute Gasteiger partial charge is 0.372 e. The van der Waals surface area contributed by atoms with Crippen molar-refractivity contribution in [2.24, 2.45) is 0 Å². The Labute approximate surface area is 198 Å². The third-order valence-corrected chi connectivity index (χ3v) is 6.05. The zero-order valence-corrected chi connectivity index (χ0v) is 20.2. The van der Waals surface area contributed by atoms with Crippen molar-refractivity contribution in [2.45, 2.75) is 27.7 Å². The number of rotatable bonds is 6. The number of nitrogens with zero attached hydrogens (tertiary/aromatic N) is 3. The van der Waals surface area contributed by atoms with Gasteiger partial charge in [0.2, 0.25) is 0 Å². The molecule has 0 bridgehead atoms. The maximum absolute atomic E-state index is 4.26. The zero-order chi connectivity index (χ0) is 22.0. The fourth-order valence-corrected chi connectivity index (χ4v) is 4.36. The van der Waals surface area contributed by atoms with Gasteiger partial charge < -0.3 is 14.4 Å². The van der Waals surface area contributed by atoms with Crippen molar-refractivity contribution in [3.05, 3.63) is 102 Å². The van der Waals surface area contributed by atoms with E-state index in [2.05, 4.69) is 128 Å². The molecular formula is C28H32ClN3. The molecule has 2 aromatic carbocycles. The van der Waals surface area contributed by atoms with Gasteiger partial charge in [0.1, 0.15) is 0 Å². The zero-order valence-electron chi connectivity index (χ0n) is 19.4. The lowest BCUT2D eigenvalue weighted by molar-refractivity contribution is 0.866. The van der Waals surface area contributed by atoms with E-state index in [0.717, 1.165) is 24.5 Å². The molecule has 0 amide bonds. The van der Waals surface area contributed by atoms with Crippen molar-refractivity contribution < 1.29 is 0 Å². The first-order valence-corrected chi connectivity index (χ1v) is 11.0. The first-order valence-electron chi connectivity index (χ1n) is 11.0. The summed E-state index contributed by atoms with van der Waals surface area (Å²) in [6.07, 6.45) is 8.58. The molecule has 2 heterocycles. The molecule has 166 valence electrons. The van der Waals surface area contributed by atoms with Crippen LogP contribution in [0.25, 0.3) is 17.8 Å². The lowest BCUT2D eigenvalue weighted by atomic mass is 10.0. The van der Waals surface area contributed by atoms with E-state index in [4.69, 9.17) is 0 Å². The number of anilines is 2. The molecule has 32 heavy (non-hydrogen) atoms. The Morgan fingerprint density at radius 1 is 0.938 bits per heavy atom. The molecule has 4 heteroatoms. The lowest BCUT2D eigenvalue weighted by Gasteiger charge is -2.29. The highest BCUT2D eigenvalue weighted by molar-refractivity contribution is 5.85. The van der Waals surface area contributed by atoms with E-state index in [1.807, 2.05) is 0 Å². The molecule has 0 fully saturated rings. The number of halogens is 1. The van der Waals surface area contributed by atoms with E-state index in [9.17, 15) is 0 Å². The van der Waals surface area contributed by atoms with Gasteiger partial charge in [-0.15, -0.1) is 12.4 Å². The number of benzene rings is 2. The van der Waals surface area contributed by atoms with Crippen LogP contribution in [-0.4, -0.2) is 17.7 Å². The summed E-state index contributed by atoms with van der Waals surface area (Å²) < 4.78 is 2.30. The summed E-state index contributed by atoms with van der Waals surface area (Å²) in [7, 11) is 0. The van der Waals surface area contributed by atoms with Gasteiger partial charge in [-0.1, -0.05) is 30.9 Å². The highest BCUT2D eigenvalue weighted by Crippen LogP contribution is 2.34. The smallest absolute Gasteiger partial charge is 0.0529 e. The highest BCUT2D eigenvalue weighted by Gasteiger charge is 2.16. The molecule has 0 aliphatic carbocycles. The molecule has 3 nitrogen and oxygen atoms in total. The van der Waals surface area contributed by atoms with Gasteiger partial charge in [-0.25, -0.2) is 0 Å². The Hall–Kier alpha value is -3.17. The number of hydrogen-bond donors (Lipinski definition) is 0. The molecule has 0 spiro atoms. The lowest BCUT2D eigenvalue weighted by Crippen LogP contribution is -2.22. The van der Waals surface area contributed by atoms with Gasteiger partial charge in [-0.2, -0.15) is 0 Å². The summed E-state index contributed by atoms with van der Waals surface area (Å²) in [4.78, 5) is 4.55. The van der Waals surface area contributed by atoms with E-state index in [-0.39, 0.29) is 12.4 Å². The second-order valence-electron chi connectivity index (χ2n) is 7.92. The fourth-order valence-electron chi connectivity index (χ4n) is 4.36. The summed E-state index contributed by atoms with van der Waals surface area (Å²) >= 11 is 0. The Morgan fingerprint density at radius 2 is 1.66 bits per heavy atom. The molecule has 1 aromatic heterocycles. The number of para-hydroxylation sites is 1. The maximum Gasteiger partial charge on any atom is 0.0529 e. The van der Waals surface area contributed by atoms with Gasteiger partial charge in [0.25, 0.3) is 0 Å². The average Bonchev–Trinajstić information content (AvgIpc) is 3.07. The first kappa shape index (κ1) is 23.5. The van der Waals surface area contributed by atoms with Crippen LogP contribution in [0, 0.1) is 13.8 Å². The summed E-state index contributed by atoms with van der Waals surface area (Å²) in [6, 6.07) is 19.4. The second kappa shape index (κ2) is 9.97. The topological polar surface area (TPSA) is 11.4 Å². The van der Waals surface area contributed by atoms with Crippen molar-refractivity contribution in [1.29, 1.82) is 0 Å². The van der Waals surface area contributed by atoms with Crippen molar-refractivity contribution in [1.82, 2.24) is 4.57 Å². The van der Waals surface area contributed by atoms with Gasteiger partial charge >= 0.3 is 0 Å². The van der Waals surface area contributed by atoms with Gasteiger partial charge in [0.15, 0.2) is 0 Å². The summed E-state index contributed by atoms with van der Waals surface area (Å²) in [5.74, 6) is 0. The van der Waals surface area contributed by atoms with Crippen molar-refractivity contribution in [3.8, 4) is 5.69 Å². The quantitative estimate of drug-likeness (QED) is 0.392. The van der Waals surface area contributed by atoms with Crippen molar-refractivity contribution >= 4 is 35.9 Å². The Morgan fingerprint density at radius 3 is 2.34 bits per heavy atom. The van der Waals surface area contributed by atoms with Crippen molar-refractivity contribution in [2.75, 3.05) is 22.9 Å². The van der Waals surface area contributed by atoms with E-state index in [0.29, 0.717) is 0 Å². The van der Waals surface area contributed by atoms with Crippen LogP contribution in [0.5, 0.6) is 0 Å². The van der Waals surface area contributed by atoms with Crippen molar-refractivity contribution in [3.63, 3.8) is 0 Å². The maximum atomic E-state index is 4.26. The van der Waals surface area contributed by atoms with Gasteiger partial charge in [-0.05, 0) is 81.8 Å². The third-order valence-electron chi connectivity index (χ3n) is 6.05. The Balaban J connectivity index is 0.00000289. The predicted octanol–water partition coefficient (Wildman–Crippen LogP) is 7.38. The molecule has 0 N–H and O–H groups in total. The monoisotopic (exact) mass is 445 g/mol.